The van der Waals surface area contributed by atoms with Gasteiger partial charge in [-0.1, -0.05) is 29.8 Å². The molecule has 3 nitrogen and oxygen atoms in total. The van der Waals surface area contributed by atoms with Crippen LogP contribution in [0.4, 0.5) is 0 Å². The van der Waals surface area contributed by atoms with Gasteiger partial charge in [0.05, 0.1) is 6.61 Å². The van der Waals surface area contributed by atoms with Crippen molar-refractivity contribution in [1.29, 1.82) is 0 Å². The number of ether oxygens (including phenoxy) is 1. The summed E-state index contributed by atoms with van der Waals surface area (Å²) in [7, 11) is 0. The molecule has 112 valence electrons. The Morgan fingerprint density at radius 2 is 2.19 bits per heavy atom. The molecule has 2 aromatic rings. The van der Waals surface area contributed by atoms with Gasteiger partial charge in [0.25, 0.3) is 0 Å². The van der Waals surface area contributed by atoms with Gasteiger partial charge in [0.15, 0.2) is 0 Å². The van der Waals surface area contributed by atoms with Crippen LogP contribution in [0.2, 0.25) is 5.02 Å². The van der Waals surface area contributed by atoms with E-state index >= 15 is 0 Å². The molecule has 1 heterocycles. The number of carbonyl (C=O) groups is 1. The Morgan fingerprint density at radius 1 is 1.38 bits per heavy atom. The Morgan fingerprint density at radius 3 is 2.81 bits per heavy atom. The highest BCUT2D eigenvalue weighted by Gasteiger charge is 2.36. The lowest BCUT2D eigenvalue weighted by atomic mass is 9.92. The van der Waals surface area contributed by atoms with Crippen molar-refractivity contribution in [2.45, 2.75) is 25.9 Å². The summed E-state index contributed by atoms with van der Waals surface area (Å²) in [5.41, 5.74) is -0.129. The second kappa shape index (κ2) is 7.07. The van der Waals surface area contributed by atoms with Gasteiger partial charge in [-0.2, -0.15) is 0 Å². The van der Waals surface area contributed by atoms with E-state index < -0.39 is 5.54 Å². The van der Waals surface area contributed by atoms with Gasteiger partial charge in [-0.05, 0) is 43.0 Å². The van der Waals surface area contributed by atoms with Crippen molar-refractivity contribution in [3.8, 4) is 0 Å². The first kappa shape index (κ1) is 16.0. The van der Waals surface area contributed by atoms with E-state index in [-0.39, 0.29) is 5.97 Å². The van der Waals surface area contributed by atoms with Crippen LogP contribution in [0.3, 0.4) is 0 Å². The smallest absolute Gasteiger partial charge is 0.330 e. The van der Waals surface area contributed by atoms with Crippen LogP contribution in [-0.4, -0.2) is 12.6 Å². The molecule has 0 spiro atoms. The molecular formula is C16H18ClNO2S. The normalized spacial score (nSPS) is 13.7. The Labute approximate surface area is 133 Å². The van der Waals surface area contributed by atoms with Crippen molar-refractivity contribution in [3.05, 3.63) is 57.2 Å². The molecule has 1 atom stereocenters. The quantitative estimate of drug-likeness (QED) is 0.817. The van der Waals surface area contributed by atoms with Crippen molar-refractivity contribution in [1.82, 2.24) is 5.32 Å². The van der Waals surface area contributed by atoms with Gasteiger partial charge in [-0.3, -0.25) is 5.32 Å². The third-order valence-corrected chi connectivity index (χ3v) is 4.39. The summed E-state index contributed by atoms with van der Waals surface area (Å²) in [6.07, 6.45) is 0. The van der Waals surface area contributed by atoms with Crippen LogP contribution in [0.1, 0.15) is 24.3 Å². The molecule has 0 saturated heterocycles. The zero-order chi connectivity index (χ0) is 15.3. The second-order valence-electron chi connectivity index (χ2n) is 4.79. The summed E-state index contributed by atoms with van der Waals surface area (Å²) in [4.78, 5) is 13.6. The molecule has 0 aliphatic carbocycles. The van der Waals surface area contributed by atoms with Gasteiger partial charge < -0.3 is 4.74 Å². The molecule has 21 heavy (non-hydrogen) atoms. The summed E-state index contributed by atoms with van der Waals surface area (Å²) in [5, 5.41) is 5.91. The molecule has 5 heteroatoms. The Hall–Kier alpha value is -1.36. The van der Waals surface area contributed by atoms with Crippen LogP contribution >= 0.6 is 22.9 Å². The predicted octanol–water partition coefficient (Wildman–Crippen LogP) is 3.97. The van der Waals surface area contributed by atoms with Crippen LogP contribution in [0.25, 0.3) is 0 Å². The van der Waals surface area contributed by atoms with Crippen LogP contribution < -0.4 is 5.32 Å². The van der Waals surface area contributed by atoms with E-state index in [2.05, 4.69) is 5.32 Å². The summed E-state index contributed by atoms with van der Waals surface area (Å²) in [6.45, 7) is 4.56. The highest BCUT2D eigenvalue weighted by atomic mass is 35.5. The highest BCUT2D eigenvalue weighted by Crippen LogP contribution is 2.26. The van der Waals surface area contributed by atoms with Crippen molar-refractivity contribution in [2.75, 3.05) is 6.61 Å². The number of benzene rings is 1. The molecule has 0 aliphatic heterocycles. The van der Waals surface area contributed by atoms with Gasteiger partial charge in [0.2, 0.25) is 0 Å². The van der Waals surface area contributed by atoms with Crippen molar-refractivity contribution in [3.63, 3.8) is 0 Å². The average Bonchev–Trinajstić information content (AvgIpc) is 2.98. The van der Waals surface area contributed by atoms with Crippen LogP contribution in [-0.2, 0) is 21.6 Å². The standard InChI is InChI=1S/C16H18ClNO2S/c1-3-20-15(19)16(2,12-6-4-7-13(17)10-12)18-11-14-8-5-9-21-14/h4-10,18H,3,11H2,1-2H3. The summed E-state index contributed by atoms with van der Waals surface area (Å²) in [6, 6.07) is 11.3. The minimum Gasteiger partial charge on any atom is -0.464 e. The van der Waals surface area contributed by atoms with E-state index in [0.717, 1.165) is 10.4 Å². The molecule has 0 bridgehead atoms. The highest BCUT2D eigenvalue weighted by molar-refractivity contribution is 7.09. The number of esters is 1. The molecule has 0 amide bonds. The Kier molecular flexibility index (Phi) is 5.39. The SMILES string of the molecule is CCOC(=O)C(C)(NCc1cccs1)c1cccc(Cl)c1. The van der Waals surface area contributed by atoms with E-state index in [1.54, 1.807) is 30.4 Å². The zero-order valence-electron chi connectivity index (χ0n) is 12.1. The molecule has 0 saturated carbocycles. The van der Waals surface area contributed by atoms with Gasteiger partial charge >= 0.3 is 5.97 Å². The van der Waals surface area contributed by atoms with Gasteiger partial charge in [-0.25, -0.2) is 4.79 Å². The van der Waals surface area contributed by atoms with E-state index in [0.29, 0.717) is 18.2 Å². The molecule has 0 aliphatic rings. The van der Waals surface area contributed by atoms with Crippen LogP contribution in [0.15, 0.2) is 41.8 Å². The monoisotopic (exact) mass is 323 g/mol. The maximum absolute atomic E-state index is 12.4. The largest absolute Gasteiger partial charge is 0.464 e. The molecule has 0 fully saturated rings. The van der Waals surface area contributed by atoms with E-state index in [9.17, 15) is 4.79 Å². The minimum absolute atomic E-state index is 0.302. The topological polar surface area (TPSA) is 38.3 Å². The van der Waals surface area contributed by atoms with Gasteiger partial charge in [0.1, 0.15) is 5.54 Å². The first-order valence-corrected chi connectivity index (χ1v) is 8.02. The third kappa shape index (κ3) is 3.84. The lowest BCUT2D eigenvalue weighted by molar-refractivity contribution is -0.151. The van der Waals surface area contributed by atoms with Gasteiger partial charge in [-0.15, -0.1) is 11.3 Å². The number of carbonyl (C=O) groups excluding carboxylic acids is 1. The summed E-state index contributed by atoms with van der Waals surface area (Å²) < 4.78 is 5.23. The predicted molar refractivity (Wildman–Crippen MR) is 86.6 cm³/mol. The fraction of sp³-hybridized carbons (Fsp3) is 0.312. The van der Waals surface area contributed by atoms with Crippen LogP contribution in [0, 0.1) is 0 Å². The van der Waals surface area contributed by atoms with E-state index in [1.165, 1.54) is 0 Å². The number of halogens is 1. The Bertz CT molecular complexity index is 600. The molecule has 1 unspecified atom stereocenters. The number of hydrogen-bond acceptors (Lipinski definition) is 4. The van der Waals surface area contributed by atoms with Gasteiger partial charge in [0, 0.05) is 16.4 Å². The fourth-order valence-corrected chi connectivity index (χ4v) is 2.88. The van der Waals surface area contributed by atoms with Crippen LogP contribution in [0.5, 0.6) is 0 Å². The number of rotatable bonds is 6. The zero-order valence-corrected chi connectivity index (χ0v) is 13.6. The number of hydrogen-bond donors (Lipinski definition) is 1. The molecule has 1 aromatic heterocycles. The Balaban J connectivity index is 2.27. The first-order valence-electron chi connectivity index (χ1n) is 6.77. The summed E-state index contributed by atoms with van der Waals surface area (Å²) >= 11 is 7.70. The lowest BCUT2D eigenvalue weighted by Crippen LogP contribution is -2.47. The number of nitrogens with one attached hydrogen (secondary N) is 1. The van der Waals surface area contributed by atoms with E-state index in [1.807, 2.05) is 36.6 Å². The maximum atomic E-state index is 12.4. The average molecular weight is 324 g/mol. The van der Waals surface area contributed by atoms with Crippen molar-refractivity contribution >= 4 is 28.9 Å². The number of thiophene rings is 1. The second-order valence-corrected chi connectivity index (χ2v) is 6.26. The first-order chi connectivity index (χ1) is 10.1. The lowest BCUT2D eigenvalue weighted by Gasteiger charge is -2.29. The molecule has 1 aromatic carbocycles. The van der Waals surface area contributed by atoms with Crippen molar-refractivity contribution < 1.29 is 9.53 Å². The van der Waals surface area contributed by atoms with E-state index in [4.69, 9.17) is 16.3 Å². The molecule has 1 N–H and O–H groups in total. The van der Waals surface area contributed by atoms with Crippen molar-refractivity contribution in [2.24, 2.45) is 0 Å². The summed E-state index contributed by atoms with van der Waals surface area (Å²) in [5.74, 6) is -0.302. The molecule has 0 radical (unpaired) electrons. The fourth-order valence-electron chi connectivity index (χ4n) is 2.04. The molecular weight excluding hydrogens is 306 g/mol. The minimum atomic E-state index is -0.926. The molecule has 2 rings (SSSR count). The maximum Gasteiger partial charge on any atom is 0.330 e. The third-order valence-electron chi connectivity index (χ3n) is 3.28.